The fourth-order valence-electron chi connectivity index (χ4n) is 2.03. The van der Waals surface area contributed by atoms with Crippen molar-refractivity contribution in [2.24, 2.45) is 4.99 Å². The summed E-state index contributed by atoms with van der Waals surface area (Å²) in [5.41, 5.74) is 0.681. The quantitative estimate of drug-likeness (QED) is 0.243. The van der Waals surface area contributed by atoms with Crippen LogP contribution in [0.15, 0.2) is 35.3 Å². The monoisotopic (exact) mass is 432 g/mol. The summed E-state index contributed by atoms with van der Waals surface area (Å²) in [6, 6.07) is 9.22. The summed E-state index contributed by atoms with van der Waals surface area (Å²) in [6.45, 7) is 4.34. The van der Waals surface area contributed by atoms with Crippen LogP contribution >= 0.6 is 24.0 Å². The Morgan fingerprint density at radius 2 is 1.61 bits per heavy atom. The number of hydrogen-bond donors (Lipinski definition) is 3. The lowest BCUT2D eigenvalue weighted by Gasteiger charge is -2.12. The molecule has 130 valence electrons. The number of nitrogens with one attached hydrogen (secondary N) is 3. The van der Waals surface area contributed by atoms with Crippen LogP contribution < -0.4 is 16.0 Å². The molecule has 0 aliphatic carbocycles. The molecule has 1 amide bonds. The van der Waals surface area contributed by atoms with Gasteiger partial charge in [-0.3, -0.25) is 9.79 Å². The smallest absolute Gasteiger partial charge is 0.251 e. The number of guanidine groups is 1. The summed E-state index contributed by atoms with van der Waals surface area (Å²) in [7, 11) is 1.75. The van der Waals surface area contributed by atoms with Gasteiger partial charge in [-0.05, 0) is 18.6 Å². The first-order valence-corrected chi connectivity index (χ1v) is 8.05. The Morgan fingerprint density at radius 1 is 0.957 bits per heavy atom. The zero-order chi connectivity index (χ0) is 16.0. The van der Waals surface area contributed by atoms with Crippen LogP contribution in [0, 0.1) is 0 Å². The van der Waals surface area contributed by atoms with Crippen molar-refractivity contribution in [3.05, 3.63) is 35.9 Å². The third kappa shape index (κ3) is 10.1. The molecule has 0 spiro atoms. The maximum absolute atomic E-state index is 11.8. The Balaban J connectivity index is 0.00000484. The highest BCUT2D eigenvalue weighted by Gasteiger charge is 2.03. The Bertz CT molecular complexity index is 451. The summed E-state index contributed by atoms with van der Waals surface area (Å²) >= 11 is 0. The van der Waals surface area contributed by atoms with Gasteiger partial charge in [0.2, 0.25) is 0 Å². The fraction of sp³-hybridized carbons (Fsp3) is 0.529. The van der Waals surface area contributed by atoms with Crippen molar-refractivity contribution in [1.82, 2.24) is 16.0 Å². The molecule has 0 heterocycles. The zero-order valence-corrected chi connectivity index (χ0v) is 16.4. The van der Waals surface area contributed by atoms with Crippen LogP contribution in [0.3, 0.4) is 0 Å². The molecular weight excluding hydrogens is 403 g/mol. The molecule has 23 heavy (non-hydrogen) atoms. The molecule has 3 N–H and O–H groups in total. The topological polar surface area (TPSA) is 65.5 Å². The van der Waals surface area contributed by atoms with Gasteiger partial charge in [-0.2, -0.15) is 0 Å². The zero-order valence-electron chi connectivity index (χ0n) is 14.1. The first-order chi connectivity index (χ1) is 10.8. The van der Waals surface area contributed by atoms with Crippen LogP contribution in [-0.4, -0.2) is 38.5 Å². The Labute approximate surface area is 156 Å². The van der Waals surface area contributed by atoms with Gasteiger partial charge in [-0.15, -0.1) is 24.0 Å². The number of carbonyl (C=O) groups excluding carboxylic acids is 1. The Morgan fingerprint density at radius 3 is 2.26 bits per heavy atom. The fourth-order valence-corrected chi connectivity index (χ4v) is 2.03. The van der Waals surface area contributed by atoms with Crippen LogP contribution in [0.2, 0.25) is 0 Å². The van der Waals surface area contributed by atoms with Gasteiger partial charge in [0.25, 0.3) is 5.91 Å². The predicted octanol–water partition coefficient (Wildman–Crippen LogP) is 2.78. The summed E-state index contributed by atoms with van der Waals surface area (Å²) in [5.74, 6) is 0.732. The average molecular weight is 432 g/mol. The summed E-state index contributed by atoms with van der Waals surface area (Å²) in [4.78, 5) is 16.0. The van der Waals surface area contributed by atoms with Crippen molar-refractivity contribution in [1.29, 1.82) is 0 Å². The van der Waals surface area contributed by atoms with E-state index in [-0.39, 0.29) is 29.9 Å². The lowest BCUT2D eigenvalue weighted by molar-refractivity contribution is 0.0954. The van der Waals surface area contributed by atoms with Crippen LogP contribution in [0.1, 0.15) is 43.0 Å². The third-order valence-electron chi connectivity index (χ3n) is 3.29. The van der Waals surface area contributed by atoms with Crippen LogP contribution in [0.25, 0.3) is 0 Å². The number of nitrogens with zero attached hydrogens (tertiary/aromatic N) is 1. The number of hydrogen-bond acceptors (Lipinski definition) is 2. The number of rotatable bonds is 9. The highest BCUT2D eigenvalue weighted by atomic mass is 127. The van der Waals surface area contributed by atoms with E-state index in [0.29, 0.717) is 18.7 Å². The van der Waals surface area contributed by atoms with E-state index in [1.165, 1.54) is 19.3 Å². The number of aliphatic imine (C=N–C) groups is 1. The molecule has 1 rings (SSSR count). The molecule has 0 atom stereocenters. The van der Waals surface area contributed by atoms with E-state index in [9.17, 15) is 4.79 Å². The molecule has 0 saturated heterocycles. The SMILES string of the molecule is CCCCCCNC(=NC)NCCNC(=O)c1ccccc1.I. The predicted molar refractivity (Wildman–Crippen MR) is 108 cm³/mol. The Kier molecular flexibility index (Phi) is 13.5. The van der Waals surface area contributed by atoms with E-state index < -0.39 is 0 Å². The second-order valence-corrected chi connectivity index (χ2v) is 5.11. The molecule has 1 aromatic carbocycles. The largest absolute Gasteiger partial charge is 0.356 e. The molecule has 0 aliphatic rings. The lowest BCUT2D eigenvalue weighted by Crippen LogP contribution is -2.41. The highest BCUT2D eigenvalue weighted by molar-refractivity contribution is 14.0. The second-order valence-electron chi connectivity index (χ2n) is 5.11. The van der Waals surface area contributed by atoms with E-state index >= 15 is 0 Å². The van der Waals surface area contributed by atoms with E-state index in [1.807, 2.05) is 18.2 Å². The normalized spacial score (nSPS) is 10.6. The van der Waals surface area contributed by atoms with Crippen molar-refractivity contribution in [2.45, 2.75) is 32.6 Å². The standard InChI is InChI=1S/C17H28N4O.HI/c1-3-4-5-9-12-20-17(18-2)21-14-13-19-16(22)15-10-7-6-8-11-15;/h6-8,10-11H,3-5,9,12-14H2,1-2H3,(H,19,22)(H2,18,20,21);1H. The molecule has 0 unspecified atom stereocenters. The van der Waals surface area contributed by atoms with Crippen molar-refractivity contribution in [3.8, 4) is 0 Å². The molecule has 0 fully saturated rings. The first-order valence-electron chi connectivity index (χ1n) is 8.05. The van der Waals surface area contributed by atoms with Crippen molar-refractivity contribution >= 4 is 35.8 Å². The maximum atomic E-state index is 11.8. The van der Waals surface area contributed by atoms with Gasteiger partial charge < -0.3 is 16.0 Å². The molecule has 0 radical (unpaired) electrons. The van der Waals surface area contributed by atoms with Gasteiger partial charge in [0.1, 0.15) is 0 Å². The number of halogens is 1. The van der Waals surface area contributed by atoms with E-state index in [0.717, 1.165) is 18.9 Å². The van der Waals surface area contributed by atoms with Crippen LogP contribution in [0.4, 0.5) is 0 Å². The van der Waals surface area contributed by atoms with Crippen molar-refractivity contribution in [3.63, 3.8) is 0 Å². The number of unbranched alkanes of at least 4 members (excludes halogenated alkanes) is 3. The number of amides is 1. The van der Waals surface area contributed by atoms with Gasteiger partial charge in [-0.1, -0.05) is 44.4 Å². The van der Waals surface area contributed by atoms with Gasteiger partial charge in [-0.25, -0.2) is 0 Å². The molecule has 0 aliphatic heterocycles. The molecular formula is C17H29IN4O. The van der Waals surface area contributed by atoms with Gasteiger partial charge in [0.05, 0.1) is 0 Å². The third-order valence-corrected chi connectivity index (χ3v) is 3.29. The van der Waals surface area contributed by atoms with Gasteiger partial charge in [0, 0.05) is 32.2 Å². The maximum Gasteiger partial charge on any atom is 0.251 e. The van der Waals surface area contributed by atoms with Crippen molar-refractivity contribution < 1.29 is 4.79 Å². The minimum Gasteiger partial charge on any atom is -0.356 e. The Hall–Kier alpha value is -1.31. The molecule has 1 aromatic rings. The van der Waals surface area contributed by atoms with Crippen molar-refractivity contribution in [2.75, 3.05) is 26.7 Å². The van der Waals surface area contributed by atoms with E-state index in [4.69, 9.17) is 0 Å². The summed E-state index contributed by atoms with van der Waals surface area (Å²) < 4.78 is 0. The average Bonchev–Trinajstić information content (AvgIpc) is 2.57. The minimum atomic E-state index is -0.0510. The molecule has 0 aromatic heterocycles. The van der Waals surface area contributed by atoms with Gasteiger partial charge >= 0.3 is 0 Å². The molecule has 6 heteroatoms. The molecule has 5 nitrogen and oxygen atoms in total. The number of benzene rings is 1. The van der Waals surface area contributed by atoms with E-state index in [2.05, 4.69) is 27.9 Å². The highest BCUT2D eigenvalue weighted by Crippen LogP contribution is 1.97. The van der Waals surface area contributed by atoms with E-state index in [1.54, 1.807) is 19.2 Å². The van der Waals surface area contributed by atoms with Gasteiger partial charge in [0.15, 0.2) is 5.96 Å². The summed E-state index contributed by atoms with van der Waals surface area (Å²) in [6.07, 6.45) is 4.92. The second kappa shape index (κ2) is 14.3. The first kappa shape index (κ1) is 21.7. The van der Waals surface area contributed by atoms with Crippen LogP contribution in [-0.2, 0) is 0 Å². The van der Waals surface area contributed by atoms with Crippen LogP contribution in [0.5, 0.6) is 0 Å². The molecule has 0 saturated carbocycles. The minimum absolute atomic E-state index is 0. The lowest BCUT2D eigenvalue weighted by atomic mass is 10.2. The summed E-state index contributed by atoms with van der Waals surface area (Å²) in [5, 5.41) is 9.34. The molecule has 0 bridgehead atoms. The number of carbonyl (C=O) groups is 1.